The van der Waals surface area contributed by atoms with Crippen molar-refractivity contribution in [2.75, 3.05) is 34.3 Å². The van der Waals surface area contributed by atoms with Crippen LogP contribution in [0.4, 0.5) is 5.69 Å². The number of non-ortho nitro benzene ring substituents is 1. The summed E-state index contributed by atoms with van der Waals surface area (Å²) >= 11 is 0. The van der Waals surface area contributed by atoms with Gasteiger partial charge in [0.1, 0.15) is 11.5 Å². The van der Waals surface area contributed by atoms with Crippen LogP contribution in [0.1, 0.15) is 29.2 Å². The molecule has 2 aromatic carbocycles. The molecular weight excluding hydrogens is 426 g/mol. The first-order valence-corrected chi connectivity index (χ1v) is 10.5. The first-order chi connectivity index (χ1) is 15.6. The molecule has 0 bridgehead atoms. The van der Waals surface area contributed by atoms with Crippen LogP contribution in [0.25, 0.3) is 5.76 Å². The van der Waals surface area contributed by atoms with Gasteiger partial charge < -0.3 is 19.6 Å². The predicted octanol–water partition coefficient (Wildman–Crippen LogP) is 3.29. The van der Waals surface area contributed by atoms with Crippen molar-refractivity contribution in [3.05, 3.63) is 74.8 Å². The first kappa shape index (κ1) is 23.9. The Balaban J connectivity index is 2.16. The monoisotopic (exact) mass is 453 g/mol. The van der Waals surface area contributed by atoms with Crippen molar-refractivity contribution in [3.63, 3.8) is 0 Å². The van der Waals surface area contributed by atoms with Crippen LogP contribution in [0.2, 0.25) is 0 Å². The van der Waals surface area contributed by atoms with E-state index in [0.29, 0.717) is 35.4 Å². The zero-order valence-corrected chi connectivity index (χ0v) is 19.1. The number of nitrogens with zero attached hydrogens (tertiary/aromatic N) is 3. The van der Waals surface area contributed by atoms with E-state index < -0.39 is 22.7 Å². The molecule has 1 saturated heterocycles. The van der Waals surface area contributed by atoms with Gasteiger partial charge in [0.25, 0.3) is 17.4 Å². The number of hydrogen-bond donors (Lipinski definition) is 1. The maximum absolute atomic E-state index is 13.1. The molecule has 1 amide bonds. The molecule has 1 aliphatic rings. The van der Waals surface area contributed by atoms with Gasteiger partial charge in [-0.25, -0.2) is 0 Å². The number of Topliss-reactive ketones (excluding diaryl/α,β-unsaturated/α-hetero) is 1. The Hall–Kier alpha value is -3.72. The van der Waals surface area contributed by atoms with Crippen molar-refractivity contribution >= 4 is 23.1 Å². The zero-order valence-electron chi connectivity index (χ0n) is 19.1. The standard InChI is InChI=1S/C24H27N3O6/c1-15-13-18(33-4)9-10-19(15)22(28)20-21(16-7-5-8-17(14-16)27(31)32)26(24(30)23(20)29)12-6-11-25(2)3/h5,7-10,13-14,21,28H,6,11-12H2,1-4H3/b22-20+/t21-/m0/s1. The van der Waals surface area contributed by atoms with E-state index in [4.69, 9.17) is 4.74 Å². The lowest BCUT2D eigenvalue weighted by Crippen LogP contribution is -2.32. The minimum absolute atomic E-state index is 0.0846. The third kappa shape index (κ3) is 4.88. The molecule has 33 heavy (non-hydrogen) atoms. The lowest BCUT2D eigenvalue weighted by Gasteiger charge is -2.26. The summed E-state index contributed by atoms with van der Waals surface area (Å²) in [6.07, 6.45) is 0.590. The molecule has 0 aliphatic carbocycles. The highest BCUT2D eigenvalue weighted by Gasteiger charge is 2.46. The fraction of sp³-hybridized carbons (Fsp3) is 0.333. The number of rotatable bonds is 8. The number of ketones is 1. The van der Waals surface area contributed by atoms with Crippen molar-refractivity contribution in [3.8, 4) is 5.75 Å². The molecule has 0 radical (unpaired) electrons. The van der Waals surface area contributed by atoms with Gasteiger partial charge >= 0.3 is 0 Å². The third-order valence-corrected chi connectivity index (χ3v) is 5.63. The molecule has 9 nitrogen and oxygen atoms in total. The fourth-order valence-electron chi connectivity index (χ4n) is 4.00. The number of ether oxygens (including phenoxy) is 1. The van der Waals surface area contributed by atoms with Gasteiger partial charge in [0.05, 0.1) is 23.6 Å². The highest BCUT2D eigenvalue weighted by atomic mass is 16.6. The summed E-state index contributed by atoms with van der Waals surface area (Å²) in [5, 5.41) is 22.5. The molecule has 0 saturated carbocycles. The number of aryl methyl sites for hydroxylation is 1. The lowest BCUT2D eigenvalue weighted by atomic mass is 9.93. The van der Waals surface area contributed by atoms with Crippen LogP contribution in [-0.4, -0.2) is 65.8 Å². The minimum Gasteiger partial charge on any atom is -0.507 e. The summed E-state index contributed by atoms with van der Waals surface area (Å²) in [6, 6.07) is 9.85. The Morgan fingerprint density at radius 1 is 1.21 bits per heavy atom. The Kier molecular flexibility index (Phi) is 7.13. The second-order valence-corrected chi connectivity index (χ2v) is 8.18. The molecule has 1 heterocycles. The fourth-order valence-corrected chi connectivity index (χ4v) is 4.00. The molecule has 1 aliphatic heterocycles. The van der Waals surface area contributed by atoms with Gasteiger partial charge in [-0.2, -0.15) is 0 Å². The van der Waals surface area contributed by atoms with E-state index in [2.05, 4.69) is 0 Å². The molecule has 0 spiro atoms. The van der Waals surface area contributed by atoms with Gasteiger partial charge in [-0.05, 0) is 63.3 Å². The van der Waals surface area contributed by atoms with E-state index >= 15 is 0 Å². The smallest absolute Gasteiger partial charge is 0.295 e. The number of aliphatic hydroxyl groups is 1. The number of benzene rings is 2. The molecule has 3 rings (SSSR count). The van der Waals surface area contributed by atoms with Crippen LogP contribution < -0.4 is 4.74 Å². The second kappa shape index (κ2) is 9.83. The lowest BCUT2D eigenvalue weighted by molar-refractivity contribution is -0.384. The summed E-state index contributed by atoms with van der Waals surface area (Å²) in [4.78, 5) is 40.2. The predicted molar refractivity (Wildman–Crippen MR) is 123 cm³/mol. The minimum atomic E-state index is -0.937. The van der Waals surface area contributed by atoms with E-state index in [0.717, 1.165) is 0 Å². The molecule has 1 N–H and O–H groups in total. The molecule has 9 heteroatoms. The van der Waals surface area contributed by atoms with Gasteiger partial charge in [0, 0.05) is 24.2 Å². The van der Waals surface area contributed by atoms with Gasteiger partial charge in [0.15, 0.2) is 0 Å². The highest BCUT2D eigenvalue weighted by Crippen LogP contribution is 2.41. The average molecular weight is 453 g/mol. The SMILES string of the molecule is COc1ccc(/C(O)=C2\C(=O)C(=O)N(CCCN(C)C)[C@H]2c2cccc([N+](=O)[O-])c2)c(C)c1. The van der Waals surface area contributed by atoms with Gasteiger partial charge in [-0.3, -0.25) is 19.7 Å². The molecule has 0 aromatic heterocycles. The highest BCUT2D eigenvalue weighted by molar-refractivity contribution is 6.46. The van der Waals surface area contributed by atoms with Crippen molar-refractivity contribution in [1.29, 1.82) is 0 Å². The molecular formula is C24H27N3O6. The number of hydrogen-bond acceptors (Lipinski definition) is 7. The van der Waals surface area contributed by atoms with E-state index in [9.17, 15) is 24.8 Å². The summed E-state index contributed by atoms with van der Waals surface area (Å²) in [5.74, 6) is -1.29. The van der Waals surface area contributed by atoms with E-state index in [1.54, 1.807) is 31.2 Å². The third-order valence-electron chi connectivity index (χ3n) is 5.63. The number of aliphatic hydroxyl groups excluding tert-OH is 1. The molecule has 1 fully saturated rings. The molecule has 0 unspecified atom stereocenters. The number of carbonyl (C=O) groups is 2. The Morgan fingerprint density at radius 3 is 2.55 bits per heavy atom. The maximum Gasteiger partial charge on any atom is 0.295 e. The second-order valence-electron chi connectivity index (χ2n) is 8.18. The Morgan fingerprint density at radius 2 is 1.94 bits per heavy atom. The Labute approximate surface area is 192 Å². The number of carbonyl (C=O) groups excluding carboxylic acids is 2. The molecule has 1 atom stereocenters. The van der Waals surface area contributed by atoms with Crippen LogP contribution in [0.15, 0.2) is 48.0 Å². The van der Waals surface area contributed by atoms with Crippen molar-refractivity contribution in [1.82, 2.24) is 9.80 Å². The van der Waals surface area contributed by atoms with E-state index in [1.807, 2.05) is 19.0 Å². The van der Waals surface area contributed by atoms with E-state index in [1.165, 1.54) is 30.2 Å². The number of nitro benzene ring substituents is 1. The first-order valence-electron chi connectivity index (χ1n) is 10.5. The molecule has 2 aromatic rings. The normalized spacial score (nSPS) is 17.6. The summed E-state index contributed by atoms with van der Waals surface area (Å²) in [5.41, 5.74) is 1.19. The number of likely N-dealkylation sites (tertiary alicyclic amines) is 1. The van der Waals surface area contributed by atoms with Crippen LogP contribution in [0.3, 0.4) is 0 Å². The average Bonchev–Trinajstić information content (AvgIpc) is 3.03. The molecule has 174 valence electrons. The number of methoxy groups -OCH3 is 1. The van der Waals surface area contributed by atoms with Crippen LogP contribution in [-0.2, 0) is 9.59 Å². The quantitative estimate of drug-likeness (QED) is 0.215. The summed E-state index contributed by atoms with van der Waals surface area (Å²) < 4.78 is 5.21. The summed E-state index contributed by atoms with van der Waals surface area (Å²) in [6.45, 7) is 2.70. The Bertz CT molecular complexity index is 1120. The number of amides is 1. The van der Waals surface area contributed by atoms with Crippen molar-refractivity contribution in [2.45, 2.75) is 19.4 Å². The topological polar surface area (TPSA) is 113 Å². The number of nitro groups is 1. The zero-order chi connectivity index (χ0) is 24.3. The van der Waals surface area contributed by atoms with Crippen LogP contribution in [0.5, 0.6) is 5.75 Å². The van der Waals surface area contributed by atoms with Gasteiger partial charge in [0.2, 0.25) is 0 Å². The van der Waals surface area contributed by atoms with Crippen LogP contribution in [0, 0.1) is 17.0 Å². The van der Waals surface area contributed by atoms with Gasteiger partial charge in [-0.1, -0.05) is 12.1 Å². The van der Waals surface area contributed by atoms with E-state index in [-0.39, 0.29) is 23.6 Å². The maximum atomic E-state index is 13.1. The van der Waals surface area contributed by atoms with Crippen molar-refractivity contribution in [2.24, 2.45) is 0 Å². The summed E-state index contributed by atoms with van der Waals surface area (Å²) in [7, 11) is 5.33. The van der Waals surface area contributed by atoms with Crippen molar-refractivity contribution < 1.29 is 24.4 Å². The van der Waals surface area contributed by atoms with Gasteiger partial charge in [-0.15, -0.1) is 0 Å². The van der Waals surface area contributed by atoms with Crippen LogP contribution >= 0.6 is 0 Å². The largest absolute Gasteiger partial charge is 0.507 e.